The second-order valence-electron chi connectivity index (χ2n) is 2.57. The van der Waals surface area contributed by atoms with Gasteiger partial charge in [-0.1, -0.05) is 0 Å². The Morgan fingerprint density at radius 2 is 2.11 bits per heavy atom. The zero-order chi connectivity index (χ0) is 6.85. The summed E-state index contributed by atoms with van der Waals surface area (Å²) in [5.74, 6) is -0.292. The molecule has 0 aromatic carbocycles. The van der Waals surface area contributed by atoms with Gasteiger partial charge in [-0.15, -0.1) is 0 Å². The highest BCUT2D eigenvalue weighted by atomic mass is 19.3. The summed E-state index contributed by atoms with van der Waals surface area (Å²) in [5.41, 5.74) is 5.23. The largest absolute Gasteiger partial charge is 0.330 e. The zero-order valence-corrected chi connectivity index (χ0v) is 5.19. The first-order valence-electron chi connectivity index (χ1n) is 3.24. The summed E-state index contributed by atoms with van der Waals surface area (Å²) in [4.78, 5) is 0. The average molecular weight is 135 g/mol. The molecule has 3 heteroatoms. The van der Waals surface area contributed by atoms with Crippen LogP contribution in [0.15, 0.2) is 0 Å². The van der Waals surface area contributed by atoms with E-state index in [0.29, 0.717) is 13.0 Å². The third-order valence-electron chi connectivity index (χ3n) is 2.10. The summed E-state index contributed by atoms with van der Waals surface area (Å²) in [6, 6.07) is 0. The van der Waals surface area contributed by atoms with Crippen LogP contribution in [-0.2, 0) is 0 Å². The molecule has 1 rings (SSSR count). The van der Waals surface area contributed by atoms with Gasteiger partial charge in [0, 0.05) is 5.92 Å². The first kappa shape index (κ1) is 6.93. The third kappa shape index (κ3) is 1.21. The number of hydrogen-bond donors (Lipinski definition) is 1. The molecule has 54 valence electrons. The number of hydrogen-bond acceptors (Lipinski definition) is 1. The molecule has 0 heterocycles. The Labute approximate surface area is 53.2 Å². The normalized spacial score (nSPS) is 34.7. The van der Waals surface area contributed by atoms with Crippen molar-refractivity contribution in [3.8, 4) is 0 Å². The minimum atomic E-state index is -2.15. The predicted molar refractivity (Wildman–Crippen MR) is 31.3 cm³/mol. The molecule has 0 saturated heterocycles. The SMILES string of the molecule is NC[C@@H]1CC[C@@H]1C(F)F. The van der Waals surface area contributed by atoms with Gasteiger partial charge >= 0.3 is 0 Å². The Kier molecular flexibility index (Phi) is 2.01. The van der Waals surface area contributed by atoms with Gasteiger partial charge in [-0.2, -0.15) is 0 Å². The van der Waals surface area contributed by atoms with Gasteiger partial charge in [0.05, 0.1) is 0 Å². The van der Waals surface area contributed by atoms with Crippen LogP contribution in [0.5, 0.6) is 0 Å². The molecule has 0 spiro atoms. The molecule has 1 fully saturated rings. The van der Waals surface area contributed by atoms with Crippen LogP contribution < -0.4 is 5.73 Å². The van der Waals surface area contributed by atoms with Crippen LogP contribution in [0.25, 0.3) is 0 Å². The summed E-state index contributed by atoms with van der Waals surface area (Å²) >= 11 is 0. The third-order valence-corrected chi connectivity index (χ3v) is 2.10. The van der Waals surface area contributed by atoms with Crippen molar-refractivity contribution in [2.45, 2.75) is 19.3 Å². The number of halogens is 2. The molecule has 1 aliphatic carbocycles. The first-order chi connectivity index (χ1) is 4.25. The van der Waals surface area contributed by atoms with Gasteiger partial charge in [-0.05, 0) is 25.3 Å². The lowest BCUT2D eigenvalue weighted by molar-refractivity contribution is -0.00809. The smallest absolute Gasteiger partial charge is 0.241 e. The lowest BCUT2D eigenvalue weighted by Gasteiger charge is -2.34. The summed E-state index contributed by atoms with van der Waals surface area (Å²) in [7, 11) is 0. The maximum absolute atomic E-state index is 11.9. The van der Waals surface area contributed by atoms with Crippen molar-refractivity contribution in [3.63, 3.8) is 0 Å². The molecule has 0 aromatic rings. The minimum absolute atomic E-state index is 0.102. The van der Waals surface area contributed by atoms with E-state index >= 15 is 0 Å². The van der Waals surface area contributed by atoms with E-state index in [1.807, 2.05) is 0 Å². The molecule has 0 radical (unpaired) electrons. The molecule has 0 amide bonds. The van der Waals surface area contributed by atoms with Crippen molar-refractivity contribution >= 4 is 0 Å². The monoisotopic (exact) mass is 135 g/mol. The van der Waals surface area contributed by atoms with E-state index in [-0.39, 0.29) is 5.92 Å². The Morgan fingerprint density at radius 1 is 1.44 bits per heavy atom. The second-order valence-corrected chi connectivity index (χ2v) is 2.57. The molecule has 1 saturated carbocycles. The van der Waals surface area contributed by atoms with E-state index < -0.39 is 12.3 Å². The van der Waals surface area contributed by atoms with Crippen molar-refractivity contribution in [2.24, 2.45) is 17.6 Å². The molecule has 0 bridgehead atoms. The van der Waals surface area contributed by atoms with Gasteiger partial charge in [0.1, 0.15) is 0 Å². The molecule has 1 nitrogen and oxygen atoms in total. The van der Waals surface area contributed by atoms with E-state index in [9.17, 15) is 8.78 Å². The summed E-state index contributed by atoms with van der Waals surface area (Å²) in [6.45, 7) is 0.426. The predicted octanol–water partition coefficient (Wildman–Crippen LogP) is 1.24. The van der Waals surface area contributed by atoms with Crippen molar-refractivity contribution < 1.29 is 8.78 Å². The maximum atomic E-state index is 11.9. The first-order valence-corrected chi connectivity index (χ1v) is 3.24. The molecule has 9 heavy (non-hydrogen) atoms. The average Bonchev–Trinajstić information content (AvgIpc) is 1.61. The van der Waals surface area contributed by atoms with Gasteiger partial charge < -0.3 is 5.73 Å². The Hall–Kier alpha value is -0.180. The van der Waals surface area contributed by atoms with E-state index in [1.165, 1.54) is 0 Å². The molecular formula is C6H11F2N. The molecular weight excluding hydrogens is 124 g/mol. The van der Waals surface area contributed by atoms with E-state index in [0.717, 1.165) is 6.42 Å². The lowest BCUT2D eigenvalue weighted by Crippen LogP contribution is -2.36. The zero-order valence-electron chi connectivity index (χ0n) is 5.19. The van der Waals surface area contributed by atoms with Crippen LogP contribution in [0, 0.1) is 11.8 Å². The number of nitrogens with two attached hydrogens (primary N) is 1. The summed E-state index contributed by atoms with van der Waals surface area (Å²) in [6.07, 6.45) is -0.585. The molecule has 0 aromatic heterocycles. The highest BCUT2D eigenvalue weighted by Crippen LogP contribution is 2.37. The second kappa shape index (κ2) is 2.60. The van der Waals surface area contributed by atoms with Gasteiger partial charge in [0.2, 0.25) is 6.43 Å². The highest BCUT2D eigenvalue weighted by molar-refractivity contribution is 4.82. The Balaban J connectivity index is 2.27. The molecule has 0 aliphatic heterocycles. The van der Waals surface area contributed by atoms with Crippen LogP contribution >= 0.6 is 0 Å². The number of alkyl halides is 2. The van der Waals surface area contributed by atoms with Crippen molar-refractivity contribution in [1.82, 2.24) is 0 Å². The van der Waals surface area contributed by atoms with Gasteiger partial charge in [-0.3, -0.25) is 0 Å². The van der Waals surface area contributed by atoms with Crippen LogP contribution in [-0.4, -0.2) is 13.0 Å². The van der Waals surface area contributed by atoms with Crippen LogP contribution in [0.3, 0.4) is 0 Å². The van der Waals surface area contributed by atoms with Crippen molar-refractivity contribution in [2.75, 3.05) is 6.54 Å². The highest BCUT2D eigenvalue weighted by Gasteiger charge is 2.36. The van der Waals surface area contributed by atoms with E-state index in [1.54, 1.807) is 0 Å². The Bertz CT molecular complexity index is 93.1. The maximum Gasteiger partial charge on any atom is 0.241 e. The van der Waals surface area contributed by atoms with Crippen LogP contribution in [0.4, 0.5) is 8.78 Å². The Morgan fingerprint density at radius 3 is 2.22 bits per heavy atom. The van der Waals surface area contributed by atoms with Crippen LogP contribution in [0.2, 0.25) is 0 Å². The molecule has 2 N–H and O–H groups in total. The van der Waals surface area contributed by atoms with Crippen molar-refractivity contribution in [3.05, 3.63) is 0 Å². The molecule has 0 unspecified atom stereocenters. The fraction of sp³-hybridized carbons (Fsp3) is 1.00. The van der Waals surface area contributed by atoms with E-state index in [2.05, 4.69) is 0 Å². The van der Waals surface area contributed by atoms with Gasteiger partial charge in [-0.25, -0.2) is 8.78 Å². The van der Waals surface area contributed by atoms with Crippen molar-refractivity contribution in [1.29, 1.82) is 0 Å². The lowest BCUT2D eigenvalue weighted by atomic mass is 9.74. The van der Waals surface area contributed by atoms with Gasteiger partial charge in [0.15, 0.2) is 0 Å². The summed E-state index contributed by atoms with van der Waals surface area (Å²) in [5, 5.41) is 0. The molecule has 1 aliphatic rings. The van der Waals surface area contributed by atoms with Gasteiger partial charge in [0.25, 0.3) is 0 Å². The quantitative estimate of drug-likeness (QED) is 0.605. The summed E-state index contributed by atoms with van der Waals surface area (Å²) < 4.78 is 23.7. The van der Waals surface area contributed by atoms with Crippen LogP contribution in [0.1, 0.15) is 12.8 Å². The minimum Gasteiger partial charge on any atom is -0.330 e. The fourth-order valence-corrected chi connectivity index (χ4v) is 1.22. The molecule has 2 atom stereocenters. The van der Waals surface area contributed by atoms with E-state index in [4.69, 9.17) is 5.73 Å². The fourth-order valence-electron chi connectivity index (χ4n) is 1.22. The standard InChI is InChI=1S/C6H11F2N/c7-6(8)5-2-1-4(5)3-9/h4-6H,1-3,9H2/t4-,5-/m0/s1. The topological polar surface area (TPSA) is 26.0 Å². The number of rotatable bonds is 2.